The van der Waals surface area contributed by atoms with Crippen LogP contribution >= 0.6 is 11.6 Å². The van der Waals surface area contributed by atoms with Crippen molar-refractivity contribution in [2.45, 2.75) is 6.54 Å². The van der Waals surface area contributed by atoms with E-state index in [0.29, 0.717) is 22.8 Å². The van der Waals surface area contributed by atoms with Gasteiger partial charge in [-0.3, -0.25) is 14.9 Å². The lowest BCUT2D eigenvalue weighted by Gasteiger charge is -2.14. The smallest absolute Gasteiger partial charge is 0.283 e. The number of hydrogen-bond acceptors (Lipinski definition) is 6. The van der Waals surface area contributed by atoms with E-state index in [9.17, 15) is 14.9 Å². The number of carbonyl (C=O) groups is 1. The zero-order valence-corrected chi connectivity index (χ0v) is 15.1. The minimum Gasteiger partial charge on any atom is -0.493 e. The number of methoxy groups -OCH3 is 3. The zero-order chi connectivity index (χ0) is 19.3. The molecule has 0 aliphatic heterocycles. The van der Waals surface area contributed by atoms with Gasteiger partial charge in [0.1, 0.15) is 5.56 Å². The van der Waals surface area contributed by atoms with Gasteiger partial charge in [0, 0.05) is 17.6 Å². The number of nitro groups is 1. The molecule has 26 heavy (non-hydrogen) atoms. The van der Waals surface area contributed by atoms with Gasteiger partial charge < -0.3 is 19.5 Å². The van der Waals surface area contributed by atoms with E-state index in [2.05, 4.69) is 5.32 Å². The van der Waals surface area contributed by atoms with E-state index in [0.717, 1.165) is 6.07 Å². The van der Waals surface area contributed by atoms with Gasteiger partial charge in [-0.1, -0.05) is 11.6 Å². The quantitative estimate of drug-likeness (QED) is 0.584. The molecule has 0 bridgehead atoms. The molecule has 8 nitrogen and oxygen atoms in total. The van der Waals surface area contributed by atoms with E-state index in [1.54, 1.807) is 12.1 Å². The molecule has 0 aliphatic carbocycles. The number of ether oxygens (including phenoxy) is 3. The predicted octanol–water partition coefficient (Wildman–Crippen LogP) is 3.20. The van der Waals surface area contributed by atoms with Crippen molar-refractivity contribution in [2.24, 2.45) is 0 Å². The van der Waals surface area contributed by atoms with Gasteiger partial charge in [-0.15, -0.1) is 0 Å². The van der Waals surface area contributed by atoms with E-state index >= 15 is 0 Å². The van der Waals surface area contributed by atoms with Crippen LogP contribution in [0, 0.1) is 10.1 Å². The maximum absolute atomic E-state index is 12.3. The van der Waals surface area contributed by atoms with Gasteiger partial charge in [0.05, 0.1) is 26.3 Å². The number of halogens is 1. The summed E-state index contributed by atoms with van der Waals surface area (Å²) in [6, 6.07) is 7.22. The maximum Gasteiger partial charge on any atom is 0.283 e. The first-order chi connectivity index (χ1) is 12.4. The number of nitrogens with zero attached hydrogens (tertiary/aromatic N) is 1. The summed E-state index contributed by atoms with van der Waals surface area (Å²) in [7, 11) is 4.45. The summed E-state index contributed by atoms with van der Waals surface area (Å²) in [5, 5.41) is 13.9. The number of rotatable bonds is 7. The molecule has 0 unspecified atom stereocenters. The first kappa shape index (κ1) is 19.3. The van der Waals surface area contributed by atoms with Crippen molar-refractivity contribution >= 4 is 23.2 Å². The fourth-order valence-electron chi connectivity index (χ4n) is 2.36. The molecule has 2 rings (SSSR count). The molecule has 138 valence electrons. The third-order valence-electron chi connectivity index (χ3n) is 3.58. The normalized spacial score (nSPS) is 10.2. The van der Waals surface area contributed by atoms with E-state index in [4.69, 9.17) is 25.8 Å². The maximum atomic E-state index is 12.3. The molecule has 0 heterocycles. The Kier molecular flexibility index (Phi) is 6.24. The van der Waals surface area contributed by atoms with Gasteiger partial charge in [0.15, 0.2) is 11.5 Å². The highest BCUT2D eigenvalue weighted by Gasteiger charge is 2.21. The fraction of sp³-hybridized carbons (Fsp3) is 0.235. The standard InChI is InChI=1S/C17H17ClN2O6/c1-24-14-6-10(7-15(25-2)16(14)26-3)9-19-17(21)12-5-4-11(18)8-13(12)20(22)23/h4-8H,9H2,1-3H3,(H,19,21). The Balaban J connectivity index is 2.24. The zero-order valence-electron chi connectivity index (χ0n) is 14.4. The van der Waals surface area contributed by atoms with Crippen molar-refractivity contribution in [3.63, 3.8) is 0 Å². The number of nitro benzene ring substituents is 1. The van der Waals surface area contributed by atoms with Crippen LogP contribution in [0.1, 0.15) is 15.9 Å². The largest absolute Gasteiger partial charge is 0.493 e. The van der Waals surface area contributed by atoms with Gasteiger partial charge in [-0.05, 0) is 29.8 Å². The Morgan fingerprint density at radius 2 is 1.73 bits per heavy atom. The molecule has 0 radical (unpaired) electrons. The SMILES string of the molecule is COc1cc(CNC(=O)c2ccc(Cl)cc2[N+](=O)[O-])cc(OC)c1OC. The number of benzene rings is 2. The summed E-state index contributed by atoms with van der Waals surface area (Å²) >= 11 is 5.76. The lowest BCUT2D eigenvalue weighted by atomic mass is 10.1. The molecule has 0 saturated carbocycles. The summed E-state index contributed by atoms with van der Waals surface area (Å²) < 4.78 is 15.7. The molecule has 2 aromatic carbocycles. The lowest BCUT2D eigenvalue weighted by molar-refractivity contribution is -0.385. The first-order valence-electron chi connectivity index (χ1n) is 7.42. The summed E-state index contributed by atoms with van der Waals surface area (Å²) in [4.78, 5) is 22.8. The second kappa shape index (κ2) is 8.39. The number of amides is 1. The average Bonchev–Trinajstić information content (AvgIpc) is 2.64. The van der Waals surface area contributed by atoms with Gasteiger partial charge in [-0.2, -0.15) is 0 Å². The van der Waals surface area contributed by atoms with E-state index in [1.807, 2.05) is 0 Å². The Bertz CT molecular complexity index is 815. The molecule has 0 aromatic heterocycles. The Labute approximate surface area is 154 Å². The highest BCUT2D eigenvalue weighted by molar-refractivity contribution is 6.31. The summed E-state index contributed by atoms with van der Waals surface area (Å²) in [5.74, 6) is 0.711. The minimum absolute atomic E-state index is 0.0770. The number of nitrogens with one attached hydrogen (secondary N) is 1. The Morgan fingerprint density at radius 1 is 1.12 bits per heavy atom. The predicted molar refractivity (Wildman–Crippen MR) is 95.4 cm³/mol. The Hall–Kier alpha value is -3.00. The Morgan fingerprint density at radius 3 is 2.23 bits per heavy atom. The highest BCUT2D eigenvalue weighted by Crippen LogP contribution is 2.38. The van der Waals surface area contributed by atoms with E-state index in [-0.39, 0.29) is 22.8 Å². The monoisotopic (exact) mass is 380 g/mol. The van der Waals surface area contributed by atoms with Crippen LogP contribution in [0.4, 0.5) is 5.69 Å². The summed E-state index contributed by atoms with van der Waals surface area (Å²) in [6.07, 6.45) is 0. The molecular formula is C17H17ClN2O6. The first-order valence-corrected chi connectivity index (χ1v) is 7.80. The van der Waals surface area contributed by atoms with Crippen molar-refractivity contribution < 1.29 is 23.9 Å². The second-order valence-corrected chi connectivity index (χ2v) is 5.57. The molecule has 1 N–H and O–H groups in total. The van der Waals surface area contributed by atoms with Crippen LogP contribution in [0.2, 0.25) is 5.02 Å². The number of hydrogen-bond donors (Lipinski definition) is 1. The van der Waals surface area contributed by atoms with Gasteiger partial charge >= 0.3 is 0 Å². The van der Waals surface area contributed by atoms with Gasteiger partial charge in [0.25, 0.3) is 11.6 Å². The molecule has 2 aromatic rings. The van der Waals surface area contributed by atoms with Crippen LogP contribution < -0.4 is 19.5 Å². The number of carbonyl (C=O) groups excluding carboxylic acids is 1. The third-order valence-corrected chi connectivity index (χ3v) is 3.81. The van der Waals surface area contributed by atoms with Crippen LogP contribution in [0.5, 0.6) is 17.2 Å². The van der Waals surface area contributed by atoms with Crippen LogP contribution in [0.25, 0.3) is 0 Å². The lowest BCUT2D eigenvalue weighted by Crippen LogP contribution is -2.23. The molecule has 0 fully saturated rings. The molecule has 0 saturated heterocycles. The van der Waals surface area contributed by atoms with Crippen molar-refractivity contribution in [3.8, 4) is 17.2 Å². The molecule has 0 spiro atoms. The fourth-order valence-corrected chi connectivity index (χ4v) is 2.53. The molecule has 9 heteroatoms. The topological polar surface area (TPSA) is 99.9 Å². The van der Waals surface area contributed by atoms with Crippen molar-refractivity contribution in [1.82, 2.24) is 5.32 Å². The molecule has 1 amide bonds. The molecule has 0 aliphatic rings. The molecular weight excluding hydrogens is 364 g/mol. The highest BCUT2D eigenvalue weighted by atomic mass is 35.5. The van der Waals surface area contributed by atoms with Crippen LogP contribution in [0.15, 0.2) is 30.3 Å². The van der Waals surface area contributed by atoms with E-state index in [1.165, 1.54) is 33.5 Å². The van der Waals surface area contributed by atoms with Crippen molar-refractivity contribution in [3.05, 3.63) is 56.6 Å². The van der Waals surface area contributed by atoms with Gasteiger partial charge in [0.2, 0.25) is 5.75 Å². The van der Waals surface area contributed by atoms with Gasteiger partial charge in [-0.25, -0.2) is 0 Å². The van der Waals surface area contributed by atoms with E-state index < -0.39 is 10.8 Å². The van der Waals surface area contributed by atoms with Crippen molar-refractivity contribution in [1.29, 1.82) is 0 Å². The molecule has 0 atom stereocenters. The van der Waals surface area contributed by atoms with Crippen LogP contribution in [-0.4, -0.2) is 32.2 Å². The average molecular weight is 381 g/mol. The second-order valence-electron chi connectivity index (χ2n) is 5.13. The van der Waals surface area contributed by atoms with Crippen LogP contribution in [0.3, 0.4) is 0 Å². The minimum atomic E-state index is -0.653. The summed E-state index contributed by atoms with van der Waals surface area (Å²) in [5.41, 5.74) is 0.233. The third kappa shape index (κ3) is 4.15. The van der Waals surface area contributed by atoms with Crippen molar-refractivity contribution in [2.75, 3.05) is 21.3 Å². The van der Waals surface area contributed by atoms with Crippen LogP contribution in [-0.2, 0) is 6.54 Å². The summed E-state index contributed by atoms with van der Waals surface area (Å²) in [6.45, 7) is 0.106.